The fraction of sp³-hybridized carbons (Fsp3) is 0.304. The van der Waals surface area contributed by atoms with E-state index in [0.29, 0.717) is 22.2 Å². The van der Waals surface area contributed by atoms with E-state index in [0.717, 1.165) is 30.4 Å². The van der Waals surface area contributed by atoms with Crippen LogP contribution in [0.1, 0.15) is 49.6 Å². The van der Waals surface area contributed by atoms with Gasteiger partial charge in [0.25, 0.3) is 0 Å². The van der Waals surface area contributed by atoms with Crippen LogP contribution >= 0.6 is 11.6 Å². The van der Waals surface area contributed by atoms with Gasteiger partial charge in [-0.1, -0.05) is 72.6 Å². The lowest BCUT2D eigenvalue weighted by atomic mass is 10.0. The number of benzene rings is 2. The van der Waals surface area contributed by atoms with Crippen LogP contribution in [0, 0.1) is 6.92 Å². The lowest BCUT2D eigenvalue weighted by Crippen LogP contribution is -2.33. The largest absolute Gasteiger partial charge is 0.465 e. The molecule has 152 valence electrons. The molecule has 3 rings (SSSR count). The molecule has 0 aliphatic rings. The molecule has 3 aromatic rings. The average Bonchev–Trinajstić information content (AvgIpc) is 3.08. The molecular formula is C23H25ClN2O3. The molecule has 0 fully saturated rings. The Morgan fingerprint density at radius 3 is 2.52 bits per heavy atom. The van der Waals surface area contributed by atoms with E-state index < -0.39 is 12.1 Å². The summed E-state index contributed by atoms with van der Waals surface area (Å²) in [5.41, 5.74) is 3.70. The van der Waals surface area contributed by atoms with Gasteiger partial charge in [-0.15, -0.1) is 0 Å². The van der Waals surface area contributed by atoms with Crippen molar-refractivity contribution in [1.29, 1.82) is 0 Å². The first kappa shape index (κ1) is 20.9. The van der Waals surface area contributed by atoms with E-state index in [-0.39, 0.29) is 0 Å². The zero-order valence-electron chi connectivity index (χ0n) is 16.9. The summed E-state index contributed by atoms with van der Waals surface area (Å²) in [4.78, 5) is 13.5. The zero-order chi connectivity index (χ0) is 21.0. The average molecular weight is 413 g/mol. The summed E-state index contributed by atoms with van der Waals surface area (Å²) < 4.78 is 5.56. The maximum atomic E-state index is 12.2. The van der Waals surface area contributed by atoms with Crippen molar-refractivity contribution in [3.8, 4) is 11.3 Å². The van der Waals surface area contributed by atoms with E-state index in [4.69, 9.17) is 16.1 Å². The van der Waals surface area contributed by atoms with Crippen LogP contribution in [0.4, 0.5) is 10.5 Å². The molecule has 1 atom stereocenters. The molecular weight excluding hydrogens is 388 g/mol. The third kappa shape index (κ3) is 4.46. The highest BCUT2D eigenvalue weighted by atomic mass is 35.5. The number of amides is 1. The number of anilines is 1. The van der Waals surface area contributed by atoms with Crippen LogP contribution < -0.4 is 4.90 Å². The van der Waals surface area contributed by atoms with Gasteiger partial charge >= 0.3 is 6.09 Å². The lowest BCUT2D eigenvalue weighted by molar-refractivity contribution is 0.199. The SMILES string of the molecule is CCCCc1ccc(-c2onc(C)c2N(C(=O)O)C(C)c2ccccc2Cl)cc1. The number of halogens is 1. The molecule has 0 saturated heterocycles. The molecule has 0 radical (unpaired) electrons. The van der Waals surface area contributed by atoms with Gasteiger partial charge in [-0.25, -0.2) is 4.79 Å². The number of aryl methyl sites for hydroxylation is 2. The number of unbranched alkanes of at least 4 members (excludes halogenated alkanes) is 1. The molecule has 0 aliphatic carbocycles. The second-order valence-corrected chi connectivity index (χ2v) is 7.50. The number of carbonyl (C=O) groups is 1. The zero-order valence-corrected chi connectivity index (χ0v) is 17.6. The van der Waals surface area contributed by atoms with Crippen LogP contribution in [-0.4, -0.2) is 16.4 Å². The van der Waals surface area contributed by atoms with E-state index in [9.17, 15) is 9.90 Å². The number of rotatable bonds is 7. The fourth-order valence-electron chi connectivity index (χ4n) is 3.45. The Kier molecular flexibility index (Phi) is 6.60. The van der Waals surface area contributed by atoms with Gasteiger partial charge in [-0.2, -0.15) is 0 Å². The van der Waals surface area contributed by atoms with Crippen molar-refractivity contribution in [2.45, 2.75) is 46.1 Å². The highest BCUT2D eigenvalue weighted by molar-refractivity contribution is 6.31. The van der Waals surface area contributed by atoms with E-state index in [1.807, 2.05) is 30.3 Å². The standard InChI is InChI=1S/C23H25ClN2O3/c1-4-5-8-17-11-13-18(14-12-17)22-21(15(2)25-29-22)26(23(27)28)16(3)19-9-6-7-10-20(19)24/h6-7,9-14,16H,4-5,8H2,1-3H3,(H,27,28). The topological polar surface area (TPSA) is 66.6 Å². The summed E-state index contributed by atoms with van der Waals surface area (Å²) >= 11 is 6.33. The minimum atomic E-state index is -1.09. The maximum Gasteiger partial charge on any atom is 0.412 e. The minimum Gasteiger partial charge on any atom is -0.465 e. The summed E-state index contributed by atoms with van der Waals surface area (Å²) in [6.45, 7) is 5.71. The first-order valence-electron chi connectivity index (χ1n) is 9.76. The Bertz CT molecular complexity index is 982. The monoisotopic (exact) mass is 412 g/mol. The fourth-order valence-corrected chi connectivity index (χ4v) is 3.74. The maximum absolute atomic E-state index is 12.2. The van der Waals surface area contributed by atoms with Gasteiger partial charge in [0.1, 0.15) is 11.4 Å². The minimum absolute atomic E-state index is 0.436. The normalized spacial score (nSPS) is 12.0. The summed E-state index contributed by atoms with van der Waals surface area (Å²) in [5, 5.41) is 14.6. The Morgan fingerprint density at radius 1 is 1.21 bits per heavy atom. The van der Waals surface area contributed by atoms with E-state index >= 15 is 0 Å². The number of carboxylic acid groups (broad SMARTS) is 1. The van der Waals surface area contributed by atoms with Crippen LogP contribution in [0.2, 0.25) is 5.02 Å². The van der Waals surface area contributed by atoms with E-state index in [1.165, 1.54) is 10.5 Å². The molecule has 1 amide bonds. The lowest BCUT2D eigenvalue weighted by Gasteiger charge is -2.27. The molecule has 5 nitrogen and oxygen atoms in total. The predicted octanol–water partition coefficient (Wildman–Crippen LogP) is 6.89. The Hall–Kier alpha value is -2.79. The van der Waals surface area contributed by atoms with Gasteiger partial charge in [0.05, 0.1) is 6.04 Å². The molecule has 1 aromatic heterocycles. The molecule has 1 unspecified atom stereocenters. The molecule has 1 heterocycles. The molecule has 1 N–H and O–H groups in total. The quantitative estimate of drug-likeness (QED) is 0.458. The summed E-state index contributed by atoms with van der Waals surface area (Å²) in [7, 11) is 0. The number of hydrogen-bond acceptors (Lipinski definition) is 3. The van der Waals surface area contributed by atoms with Crippen molar-refractivity contribution < 1.29 is 14.4 Å². The van der Waals surface area contributed by atoms with Crippen LogP contribution in [0.3, 0.4) is 0 Å². The van der Waals surface area contributed by atoms with Gasteiger partial charge in [0, 0.05) is 10.6 Å². The van der Waals surface area contributed by atoms with Crippen LogP contribution in [0.25, 0.3) is 11.3 Å². The van der Waals surface area contributed by atoms with Gasteiger partial charge in [0.15, 0.2) is 5.76 Å². The molecule has 0 saturated carbocycles. The molecule has 6 heteroatoms. The summed E-state index contributed by atoms with van der Waals surface area (Å²) in [6.07, 6.45) is 2.20. The second kappa shape index (κ2) is 9.14. The van der Waals surface area contributed by atoms with Crippen LogP contribution in [-0.2, 0) is 6.42 Å². The first-order chi connectivity index (χ1) is 13.9. The predicted molar refractivity (Wildman–Crippen MR) is 116 cm³/mol. The summed E-state index contributed by atoms with van der Waals surface area (Å²) in [5.74, 6) is 0.436. The molecule has 0 aliphatic heterocycles. The van der Waals surface area contributed by atoms with Gasteiger partial charge in [-0.05, 0) is 43.9 Å². The number of nitrogens with zero attached hydrogens (tertiary/aromatic N) is 2. The first-order valence-corrected chi connectivity index (χ1v) is 10.1. The highest BCUT2D eigenvalue weighted by Crippen LogP contribution is 2.39. The third-order valence-corrected chi connectivity index (χ3v) is 5.40. The van der Waals surface area contributed by atoms with E-state index in [1.54, 1.807) is 19.9 Å². The van der Waals surface area contributed by atoms with Crippen LogP contribution in [0.5, 0.6) is 0 Å². The van der Waals surface area contributed by atoms with Gasteiger partial charge in [0.2, 0.25) is 0 Å². The third-order valence-electron chi connectivity index (χ3n) is 5.06. The number of aromatic nitrogens is 1. The van der Waals surface area contributed by atoms with Crippen molar-refractivity contribution in [3.63, 3.8) is 0 Å². The number of hydrogen-bond donors (Lipinski definition) is 1. The van der Waals surface area contributed by atoms with Gasteiger partial charge in [-0.3, -0.25) is 4.90 Å². The van der Waals surface area contributed by atoms with Crippen molar-refractivity contribution in [2.75, 3.05) is 4.90 Å². The Balaban J connectivity index is 2.02. The second-order valence-electron chi connectivity index (χ2n) is 7.10. The summed E-state index contributed by atoms with van der Waals surface area (Å²) in [6, 6.07) is 14.7. The van der Waals surface area contributed by atoms with Crippen molar-refractivity contribution in [2.24, 2.45) is 0 Å². The van der Waals surface area contributed by atoms with Crippen molar-refractivity contribution >= 4 is 23.4 Å². The smallest absolute Gasteiger partial charge is 0.412 e. The molecule has 2 aromatic carbocycles. The van der Waals surface area contributed by atoms with Crippen molar-refractivity contribution in [1.82, 2.24) is 5.16 Å². The Morgan fingerprint density at radius 2 is 1.90 bits per heavy atom. The van der Waals surface area contributed by atoms with Gasteiger partial charge < -0.3 is 9.63 Å². The highest BCUT2D eigenvalue weighted by Gasteiger charge is 2.31. The molecule has 0 spiro atoms. The van der Waals surface area contributed by atoms with E-state index in [2.05, 4.69) is 24.2 Å². The Labute approximate surface area is 175 Å². The molecule has 0 bridgehead atoms. The van der Waals surface area contributed by atoms with Crippen LogP contribution in [0.15, 0.2) is 53.1 Å². The van der Waals surface area contributed by atoms with Crippen molar-refractivity contribution in [3.05, 3.63) is 70.4 Å². The molecule has 29 heavy (non-hydrogen) atoms.